The fraction of sp³-hybridized carbons (Fsp3) is 0.409. The first-order chi connectivity index (χ1) is 13.2. The minimum absolute atomic E-state index is 0.0620. The number of ether oxygens (including phenoxy) is 3. The number of nitrogens with one attached hydrogen (secondary N) is 1. The molecule has 0 bridgehead atoms. The van der Waals surface area contributed by atoms with Crippen LogP contribution in [-0.4, -0.2) is 32.8 Å². The molecule has 142 valence electrons. The number of rotatable bonds is 5. The Morgan fingerprint density at radius 1 is 1.07 bits per heavy atom. The summed E-state index contributed by atoms with van der Waals surface area (Å²) in [6, 6.07) is 13.5. The molecule has 5 nitrogen and oxygen atoms in total. The molecule has 0 aromatic heterocycles. The molecule has 1 heterocycles. The lowest BCUT2D eigenvalue weighted by Gasteiger charge is -2.31. The zero-order valence-electron chi connectivity index (χ0n) is 15.6. The lowest BCUT2D eigenvalue weighted by Crippen LogP contribution is -2.39. The highest BCUT2D eigenvalue weighted by atomic mass is 16.6. The molecule has 1 aliphatic carbocycles. The van der Waals surface area contributed by atoms with Crippen LogP contribution in [0.1, 0.15) is 41.6 Å². The maximum absolute atomic E-state index is 12.8. The summed E-state index contributed by atoms with van der Waals surface area (Å²) < 4.78 is 16.7. The Morgan fingerprint density at radius 2 is 1.81 bits per heavy atom. The van der Waals surface area contributed by atoms with E-state index in [-0.39, 0.29) is 11.3 Å². The van der Waals surface area contributed by atoms with Gasteiger partial charge in [0.05, 0.1) is 12.7 Å². The zero-order valence-corrected chi connectivity index (χ0v) is 15.6. The number of fused-ring (bicyclic) bond motifs is 1. The molecule has 1 saturated carbocycles. The normalized spacial score (nSPS) is 17.4. The van der Waals surface area contributed by atoms with Gasteiger partial charge in [-0.15, -0.1) is 0 Å². The maximum Gasteiger partial charge on any atom is 0.255 e. The SMILES string of the molecule is COc1ccccc1C(=O)NCC1(c2ccc3c(c2)OCCO3)CCCC1. The van der Waals surface area contributed by atoms with E-state index >= 15 is 0 Å². The van der Waals surface area contributed by atoms with Gasteiger partial charge in [0, 0.05) is 12.0 Å². The van der Waals surface area contributed by atoms with Gasteiger partial charge in [-0.25, -0.2) is 0 Å². The van der Waals surface area contributed by atoms with Crippen molar-refractivity contribution in [1.29, 1.82) is 0 Å². The molecule has 4 rings (SSSR count). The van der Waals surface area contributed by atoms with Crippen molar-refractivity contribution in [1.82, 2.24) is 5.32 Å². The molecule has 0 saturated heterocycles. The molecule has 2 aliphatic rings. The molecule has 1 N–H and O–H groups in total. The number of amides is 1. The lowest BCUT2D eigenvalue weighted by molar-refractivity contribution is 0.0940. The topological polar surface area (TPSA) is 56.8 Å². The second-order valence-corrected chi connectivity index (χ2v) is 7.23. The molecule has 0 spiro atoms. The van der Waals surface area contributed by atoms with E-state index in [4.69, 9.17) is 14.2 Å². The van der Waals surface area contributed by atoms with E-state index < -0.39 is 0 Å². The zero-order chi connectivity index (χ0) is 18.7. The Balaban J connectivity index is 1.55. The highest BCUT2D eigenvalue weighted by molar-refractivity contribution is 5.97. The molecular formula is C22H25NO4. The van der Waals surface area contributed by atoms with E-state index in [1.807, 2.05) is 18.2 Å². The van der Waals surface area contributed by atoms with Crippen molar-refractivity contribution in [3.8, 4) is 17.2 Å². The summed E-state index contributed by atoms with van der Waals surface area (Å²) >= 11 is 0. The minimum atomic E-state index is -0.101. The van der Waals surface area contributed by atoms with Gasteiger partial charge in [-0.05, 0) is 42.7 Å². The average molecular weight is 367 g/mol. The predicted molar refractivity (Wildman–Crippen MR) is 103 cm³/mol. The number of hydrogen-bond acceptors (Lipinski definition) is 4. The summed E-state index contributed by atoms with van der Waals surface area (Å²) in [5.41, 5.74) is 1.72. The second-order valence-electron chi connectivity index (χ2n) is 7.23. The summed E-state index contributed by atoms with van der Waals surface area (Å²) in [5.74, 6) is 2.10. The molecule has 0 atom stereocenters. The Bertz CT molecular complexity index is 827. The number of carbonyl (C=O) groups excluding carboxylic acids is 1. The molecule has 1 aliphatic heterocycles. The molecular weight excluding hydrogens is 342 g/mol. The van der Waals surface area contributed by atoms with Crippen LogP contribution < -0.4 is 19.5 Å². The Kier molecular flexibility index (Phi) is 4.92. The van der Waals surface area contributed by atoms with Gasteiger partial charge in [0.2, 0.25) is 0 Å². The summed E-state index contributed by atoms with van der Waals surface area (Å²) in [4.78, 5) is 12.8. The number of methoxy groups -OCH3 is 1. The van der Waals surface area contributed by atoms with Gasteiger partial charge in [-0.3, -0.25) is 4.79 Å². The summed E-state index contributed by atoms with van der Waals surface area (Å²) in [7, 11) is 1.58. The van der Waals surface area contributed by atoms with Crippen LogP contribution in [0, 0.1) is 0 Å². The summed E-state index contributed by atoms with van der Waals surface area (Å²) in [6.07, 6.45) is 4.44. The van der Waals surface area contributed by atoms with Crippen LogP contribution >= 0.6 is 0 Å². The van der Waals surface area contributed by atoms with Gasteiger partial charge in [0.1, 0.15) is 19.0 Å². The van der Waals surface area contributed by atoms with E-state index in [1.165, 1.54) is 18.4 Å². The van der Waals surface area contributed by atoms with Gasteiger partial charge in [0.25, 0.3) is 5.91 Å². The fourth-order valence-corrected chi connectivity index (χ4v) is 4.17. The Hall–Kier alpha value is -2.69. The molecule has 5 heteroatoms. The smallest absolute Gasteiger partial charge is 0.255 e. The second kappa shape index (κ2) is 7.51. The highest BCUT2D eigenvalue weighted by Gasteiger charge is 2.37. The van der Waals surface area contributed by atoms with Crippen molar-refractivity contribution in [3.63, 3.8) is 0 Å². The number of para-hydroxylation sites is 1. The average Bonchev–Trinajstić information content (AvgIpc) is 3.22. The van der Waals surface area contributed by atoms with Crippen LogP contribution in [0.5, 0.6) is 17.2 Å². The van der Waals surface area contributed by atoms with Gasteiger partial charge in [-0.2, -0.15) is 0 Å². The van der Waals surface area contributed by atoms with Crippen LogP contribution in [0.15, 0.2) is 42.5 Å². The fourth-order valence-electron chi connectivity index (χ4n) is 4.17. The molecule has 0 radical (unpaired) electrons. The lowest BCUT2D eigenvalue weighted by atomic mass is 9.78. The first-order valence-electron chi connectivity index (χ1n) is 9.53. The first kappa shape index (κ1) is 17.7. The molecule has 2 aromatic carbocycles. The minimum Gasteiger partial charge on any atom is -0.496 e. The molecule has 1 amide bonds. The molecule has 1 fully saturated rings. The van der Waals surface area contributed by atoms with Crippen molar-refractivity contribution < 1.29 is 19.0 Å². The monoisotopic (exact) mass is 367 g/mol. The third-order valence-electron chi connectivity index (χ3n) is 5.65. The van der Waals surface area contributed by atoms with Crippen molar-refractivity contribution in [2.24, 2.45) is 0 Å². The molecule has 27 heavy (non-hydrogen) atoms. The van der Waals surface area contributed by atoms with Crippen molar-refractivity contribution in [2.45, 2.75) is 31.1 Å². The van der Waals surface area contributed by atoms with Gasteiger partial charge >= 0.3 is 0 Å². The van der Waals surface area contributed by atoms with E-state index in [2.05, 4.69) is 17.4 Å². The number of hydrogen-bond donors (Lipinski definition) is 1. The van der Waals surface area contributed by atoms with Gasteiger partial charge in [0.15, 0.2) is 11.5 Å². The van der Waals surface area contributed by atoms with Crippen LogP contribution in [-0.2, 0) is 5.41 Å². The van der Waals surface area contributed by atoms with Gasteiger partial charge < -0.3 is 19.5 Å². The van der Waals surface area contributed by atoms with Crippen LogP contribution in [0.4, 0.5) is 0 Å². The predicted octanol–water partition coefficient (Wildman–Crippen LogP) is 3.71. The van der Waals surface area contributed by atoms with E-state index in [0.717, 1.165) is 24.3 Å². The van der Waals surface area contributed by atoms with Crippen LogP contribution in [0.3, 0.4) is 0 Å². The van der Waals surface area contributed by atoms with Crippen molar-refractivity contribution in [3.05, 3.63) is 53.6 Å². The van der Waals surface area contributed by atoms with Crippen molar-refractivity contribution in [2.75, 3.05) is 26.9 Å². The third-order valence-corrected chi connectivity index (χ3v) is 5.65. The summed E-state index contributed by atoms with van der Waals surface area (Å²) in [5, 5.41) is 3.14. The highest BCUT2D eigenvalue weighted by Crippen LogP contribution is 2.43. The number of carbonyl (C=O) groups is 1. The number of benzene rings is 2. The van der Waals surface area contributed by atoms with E-state index in [1.54, 1.807) is 19.2 Å². The molecule has 2 aromatic rings. The standard InChI is InChI=1S/C22H25NO4/c1-25-18-7-3-2-6-17(18)21(24)23-15-22(10-4-5-11-22)16-8-9-19-20(14-16)27-13-12-26-19/h2-3,6-9,14H,4-5,10-13,15H2,1H3,(H,23,24). The summed E-state index contributed by atoms with van der Waals surface area (Å²) in [6.45, 7) is 1.77. The van der Waals surface area contributed by atoms with Gasteiger partial charge in [-0.1, -0.05) is 31.0 Å². The van der Waals surface area contributed by atoms with E-state index in [9.17, 15) is 4.79 Å². The Morgan fingerprint density at radius 3 is 2.59 bits per heavy atom. The van der Waals surface area contributed by atoms with E-state index in [0.29, 0.717) is 31.1 Å². The third kappa shape index (κ3) is 3.46. The largest absolute Gasteiger partial charge is 0.496 e. The molecule has 0 unspecified atom stereocenters. The Labute approximate surface area is 159 Å². The quantitative estimate of drug-likeness (QED) is 0.875. The van der Waals surface area contributed by atoms with Crippen molar-refractivity contribution >= 4 is 5.91 Å². The first-order valence-corrected chi connectivity index (χ1v) is 9.53. The van der Waals surface area contributed by atoms with Crippen LogP contribution in [0.2, 0.25) is 0 Å². The van der Waals surface area contributed by atoms with Crippen LogP contribution in [0.25, 0.3) is 0 Å². The maximum atomic E-state index is 12.8.